The zero-order valence-corrected chi connectivity index (χ0v) is 34.1. The van der Waals surface area contributed by atoms with Crippen LogP contribution >= 0.6 is 22.6 Å². The van der Waals surface area contributed by atoms with Crippen LogP contribution in [0.3, 0.4) is 0 Å². The van der Waals surface area contributed by atoms with Crippen LogP contribution in [0, 0.1) is 20.8 Å². The number of rotatable bonds is 16. The Labute approximate surface area is 345 Å². The Morgan fingerprint density at radius 3 is 1.56 bits per heavy atom. The summed E-state index contributed by atoms with van der Waals surface area (Å²) in [4.78, 5) is 20.5. The molecule has 57 heavy (non-hydrogen) atoms. The van der Waals surface area contributed by atoms with E-state index in [2.05, 4.69) is 32.6 Å². The zero-order chi connectivity index (χ0) is 40.0. The minimum absolute atomic E-state index is 0.254. The van der Waals surface area contributed by atoms with Gasteiger partial charge in [-0.05, 0) is 111 Å². The van der Waals surface area contributed by atoms with Crippen molar-refractivity contribution in [2.45, 2.75) is 44.8 Å². The molecule has 0 aliphatic carbocycles. The van der Waals surface area contributed by atoms with Gasteiger partial charge in [0.25, 0.3) is 0 Å². The molecule has 0 unspecified atom stereocenters. The van der Waals surface area contributed by atoms with Crippen LogP contribution in [0.5, 0.6) is 23.0 Å². The number of benzene rings is 5. The van der Waals surface area contributed by atoms with Crippen molar-refractivity contribution in [1.82, 2.24) is 9.97 Å². The van der Waals surface area contributed by atoms with Gasteiger partial charge in [-0.1, -0.05) is 77.2 Å². The van der Waals surface area contributed by atoms with E-state index >= 15 is 0 Å². The first-order valence-corrected chi connectivity index (χ1v) is 19.9. The van der Waals surface area contributed by atoms with Crippen LogP contribution in [0.1, 0.15) is 50.8 Å². The molecule has 5 aromatic carbocycles. The highest BCUT2D eigenvalue weighted by atomic mass is 127. The second-order valence-electron chi connectivity index (χ2n) is 12.9. The van der Waals surface area contributed by atoms with Crippen molar-refractivity contribution in [3.8, 4) is 45.9 Å². The Morgan fingerprint density at radius 2 is 1.07 bits per heavy atom. The van der Waals surface area contributed by atoms with Crippen molar-refractivity contribution in [2.75, 3.05) is 13.2 Å². The number of carboxylic acid groups (broad SMARTS) is 1. The monoisotopic (exact) mass is 878 g/mol. The number of carbonyl (C=O) groups is 1. The normalized spacial score (nSPS) is 10.8. The number of ether oxygens (including phenoxy) is 4. The molecule has 11 heteroatoms. The number of aryl methyl sites for hydroxylation is 3. The predicted octanol–water partition coefficient (Wildman–Crippen LogP) is 11.9. The van der Waals surface area contributed by atoms with Crippen molar-refractivity contribution in [1.29, 1.82) is 0 Å². The fourth-order valence-electron chi connectivity index (χ4n) is 5.71. The van der Waals surface area contributed by atoms with Gasteiger partial charge >= 0.3 is 5.97 Å². The molecule has 7 aromatic rings. The van der Waals surface area contributed by atoms with E-state index in [4.69, 9.17) is 27.8 Å². The van der Waals surface area contributed by atoms with E-state index in [-0.39, 0.29) is 6.61 Å². The topological polar surface area (TPSA) is 126 Å². The molecule has 0 aliphatic rings. The van der Waals surface area contributed by atoms with Crippen LogP contribution in [0.4, 0.5) is 0 Å². The van der Waals surface area contributed by atoms with Crippen molar-refractivity contribution < 1.29 is 37.7 Å². The molecule has 7 rings (SSSR count). The Bertz CT molecular complexity index is 2320. The minimum atomic E-state index is -0.936. The van der Waals surface area contributed by atoms with Crippen LogP contribution in [0.25, 0.3) is 22.9 Å². The van der Waals surface area contributed by atoms with Crippen LogP contribution < -0.4 is 9.47 Å². The number of para-hydroxylation sites is 2. The lowest BCUT2D eigenvalue weighted by atomic mass is 10.0. The summed E-state index contributed by atoms with van der Waals surface area (Å²) in [5, 5.41) is 9.40. The third kappa shape index (κ3) is 11.6. The number of alkyl halides is 1. The summed E-state index contributed by atoms with van der Waals surface area (Å²) < 4.78 is 35.4. The van der Waals surface area contributed by atoms with E-state index in [9.17, 15) is 9.90 Å². The smallest absolute Gasteiger partial charge is 0.336 e. The average Bonchev–Trinajstić information content (AvgIpc) is 3.80. The fraction of sp³-hybridized carbons (Fsp3) is 0.196. The summed E-state index contributed by atoms with van der Waals surface area (Å²) in [6.07, 6.45) is 0.681. The molecule has 2 heterocycles. The lowest BCUT2D eigenvalue weighted by Gasteiger charge is -2.09. The molecular weight excluding hydrogens is 835 g/mol. The molecular formula is C46H43IN2O8. The highest BCUT2D eigenvalue weighted by Crippen LogP contribution is 2.29. The summed E-state index contributed by atoms with van der Waals surface area (Å²) in [5.74, 6) is 4.98. The number of halogens is 1. The maximum absolute atomic E-state index is 11.5. The van der Waals surface area contributed by atoms with Crippen LogP contribution in [-0.4, -0.2) is 34.3 Å². The molecule has 0 radical (unpaired) electrons. The van der Waals surface area contributed by atoms with Gasteiger partial charge < -0.3 is 32.9 Å². The summed E-state index contributed by atoms with van der Waals surface area (Å²) in [5.41, 5.74) is 5.27. The molecule has 0 saturated heterocycles. The number of hydrogen-bond donors (Lipinski definition) is 1. The van der Waals surface area contributed by atoms with Crippen molar-refractivity contribution in [3.05, 3.63) is 167 Å². The van der Waals surface area contributed by atoms with Gasteiger partial charge in [0.1, 0.15) is 40.2 Å². The molecule has 292 valence electrons. The molecule has 0 spiro atoms. The van der Waals surface area contributed by atoms with E-state index in [1.807, 2.05) is 129 Å². The molecule has 0 amide bonds. The minimum Gasteiger partial charge on any atom is -0.478 e. The number of oxazole rings is 2. The third-order valence-corrected chi connectivity index (χ3v) is 9.44. The maximum atomic E-state index is 11.5. The van der Waals surface area contributed by atoms with Gasteiger partial charge in [-0.15, -0.1) is 0 Å². The highest BCUT2D eigenvalue weighted by molar-refractivity contribution is 14.1. The van der Waals surface area contributed by atoms with Gasteiger partial charge in [-0.3, -0.25) is 0 Å². The fourth-order valence-corrected chi connectivity index (χ4v) is 6.42. The lowest BCUT2D eigenvalue weighted by molar-refractivity contribution is 0.0639. The van der Waals surface area contributed by atoms with Gasteiger partial charge in [0.2, 0.25) is 11.8 Å². The molecule has 0 atom stereocenters. The standard InChI is InChI=1S/C29H29NO6.C17H14INO2/c1-20-8-6-9-23(27(20)29(31)32)18-33-16-7-17-34-19-26-21(2)35-28(30-26)22-12-14-25(15-13-22)36-24-10-4-3-5-11-24;1-12-16(11-18)19-17(20-12)13-7-9-15(10-8-13)21-14-5-3-2-4-6-14/h3-6,8-15H,7,16-19H2,1-2H3,(H,31,32);2-10H,11H2,1H3. The summed E-state index contributed by atoms with van der Waals surface area (Å²) in [6.45, 7) is 7.15. The van der Waals surface area contributed by atoms with E-state index in [0.717, 1.165) is 61.3 Å². The van der Waals surface area contributed by atoms with E-state index in [1.54, 1.807) is 19.1 Å². The molecule has 2 aromatic heterocycles. The second-order valence-corrected chi connectivity index (χ2v) is 13.7. The molecule has 0 saturated carbocycles. The molecule has 0 aliphatic heterocycles. The van der Waals surface area contributed by atoms with Crippen molar-refractivity contribution in [2.24, 2.45) is 0 Å². The van der Waals surface area contributed by atoms with Crippen LogP contribution in [0.15, 0.2) is 136 Å². The van der Waals surface area contributed by atoms with Crippen molar-refractivity contribution >= 4 is 28.6 Å². The van der Waals surface area contributed by atoms with Crippen molar-refractivity contribution in [3.63, 3.8) is 0 Å². The first kappa shape index (κ1) is 40.9. The first-order valence-electron chi connectivity index (χ1n) is 18.4. The van der Waals surface area contributed by atoms with Crippen LogP contribution in [-0.2, 0) is 27.1 Å². The Hall–Kier alpha value is -5.76. The number of carboxylic acids is 1. The van der Waals surface area contributed by atoms with E-state index in [0.29, 0.717) is 54.9 Å². The third-order valence-electron chi connectivity index (χ3n) is 8.72. The van der Waals surface area contributed by atoms with Gasteiger partial charge in [0.05, 0.1) is 24.5 Å². The van der Waals surface area contributed by atoms with Gasteiger partial charge in [-0.25, -0.2) is 14.8 Å². The Kier molecular flexibility index (Phi) is 14.6. The number of aromatic nitrogens is 2. The summed E-state index contributed by atoms with van der Waals surface area (Å²) in [6, 6.07) is 40.1. The van der Waals surface area contributed by atoms with E-state index in [1.165, 1.54) is 0 Å². The number of aromatic carboxylic acids is 1. The summed E-state index contributed by atoms with van der Waals surface area (Å²) in [7, 11) is 0. The van der Waals surface area contributed by atoms with Gasteiger partial charge in [0, 0.05) is 28.8 Å². The quantitative estimate of drug-likeness (QED) is 0.0569. The SMILES string of the molecule is Cc1cccc(COCCCOCc2nc(-c3ccc(Oc4ccccc4)cc3)oc2C)c1C(=O)O.Cc1oc(-c2ccc(Oc3ccccc3)cc2)nc1CI. The molecule has 0 fully saturated rings. The van der Waals surface area contributed by atoms with E-state index < -0.39 is 5.97 Å². The van der Waals surface area contributed by atoms with Gasteiger partial charge in [0.15, 0.2) is 0 Å². The Balaban J connectivity index is 0.000000221. The number of hydrogen-bond acceptors (Lipinski definition) is 9. The second kappa shape index (κ2) is 20.4. The van der Waals surface area contributed by atoms with Crippen LogP contribution in [0.2, 0.25) is 0 Å². The highest BCUT2D eigenvalue weighted by Gasteiger charge is 2.14. The molecule has 0 bridgehead atoms. The lowest BCUT2D eigenvalue weighted by Crippen LogP contribution is -2.08. The largest absolute Gasteiger partial charge is 0.478 e. The zero-order valence-electron chi connectivity index (χ0n) is 31.9. The Morgan fingerprint density at radius 1 is 0.596 bits per heavy atom. The average molecular weight is 879 g/mol. The molecule has 1 N–H and O–H groups in total. The predicted molar refractivity (Wildman–Crippen MR) is 226 cm³/mol. The molecule has 10 nitrogen and oxygen atoms in total. The maximum Gasteiger partial charge on any atom is 0.336 e. The number of nitrogens with zero attached hydrogens (tertiary/aromatic N) is 2. The first-order chi connectivity index (χ1) is 27.8. The van der Waals surface area contributed by atoms with Gasteiger partial charge in [-0.2, -0.15) is 0 Å². The summed E-state index contributed by atoms with van der Waals surface area (Å²) >= 11 is 2.29.